The summed E-state index contributed by atoms with van der Waals surface area (Å²) in [5.41, 5.74) is 2.21. The third-order valence-electron chi connectivity index (χ3n) is 3.76. The van der Waals surface area contributed by atoms with Gasteiger partial charge in [0.2, 0.25) is 0 Å². The Hall–Kier alpha value is -2.44. The van der Waals surface area contributed by atoms with Crippen LogP contribution in [-0.2, 0) is 13.0 Å². The minimum absolute atomic E-state index is 0.108. The highest BCUT2D eigenvalue weighted by atomic mass is 16.6. The molecule has 21 heavy (non-hydrogen) atoms. The van der Waals surface area contributed by atoms with Gasteiger partial charge in [-0.1, -0.05) is 6.07 Å². The van der Waals surface area contributed by atoms with Crippen LogP contribution in [0.5, 0.6) is 0 Å². The van der Waals surface area contributed by atoms with E-state index in [1.54, 1.807) is 12.1 Å². The molecule has 108 valence electrons. The summed E-state index contributed by atoms with van der Waals surface area (Å²) in [6, 6.07) is 9.28. The first-order chi connectivity index (χ1) is 10.1. The maximum Gasteiger partial charge on any atom is 0.269 e. The third kappa shape index (κ3) is 3.77. The first kappa shape index (κ1) is 15.0. The Balaban J connectivity index is 2.04. The molecule has 1 atom stereocenters. The smallest absolute Gasteiger partial charge is 0.269 e. The third-order valence-corrected chi connectivity index (χ3v) is 3.76. The van der Waals surface area contributed by atoms with Crippen molar-refractivity contribution in [3.63, 3.8) is 0 Å². The summed E-state index contributed by atoms with van der Waals surface area (Å²) < 4.78 is 0. The van der Waals surface area contributed by atoms with Crippen molar-refractivity contribution in [2.75, 3.05) is 13.1 Å². The van der Waals surface area contributed by atoms with Gasteiger partial charge in [-0.05, 0) is 24.0 Å². The second-order valence-electron chi connectivity index (χ2n) is 5.22. The van der Waals surface area contributed by atoms with Gasteiger partial charge in [-0.25, -0.2) is 0 Å². The summed E-state index contributed by atoms with van der Waals surface area (Å²) in [7, 11) is 0. The van der Waals surface area contributed by atoms with E-state index in [9.17, 15) is 10.1 Å². The molecule has 6 nitrogen and oxygen atoms in total. The van der Waals surface area contributed by atoms with Gasteiger partial charge in [0, 0.05) is 38.2 Å². The zero-order valence-electron chi connectivity index (χ0n) is 11.7. The van der Waals surface area contributed by atoms with E-state index in [0.29, 0.717) is 25.9 Å². The topological polar surface area (TPSA) is 94.0 Å². The maximum atomic E-state index is 10.8. The molecule has 1 aliphatic rings. The van der Waals surface area contributed by atoms with E-state index < -0.39 is 0 Å². The van der Waals surface area contributed by atoms with Gasteiger partial charge in [0.25, 0.3) is 5.69 Å². The Morgan fingerprint density at radius 3 is 2.86 bits per heavy atom. The molecule has 0 aliphatic carbocycles. The average molecular weight is 284 g/mol. The van der Waals surface area contributed by atoms with E-state index >= 15 is 0 Å². The SMILES string of the molecule is N#CCCC(C#N)CN1CCc2ccc([N+](=O)[O-])cc2C1. The molecular formula is C15H16N4O2. The second-order valence-corrected chi connectivity index (χ2v) is 5.22. The molecule has 0 bridgehead atoms. The molecule has 0 aromatic heterocycles. The summed E-state index contributed by atoms with van der Waals surface area (Å²) in [5, 5.41) is 28.5. The van der Waals surface area contributed by atoms with Crippen LogP contribution >= 0.6 is 0 Å². The number of nitriles is 2. The van der Waals surface area contributed by atoms with Crippen LogP contribution in [0, 0.1) is 38.7 Å². The van der Waals surface area contributed by atoms with Crippen LogP contribution in [0.15, 0.2) is 18.2 Å². The van der Waals surface area contributed by atoms with E-state index in [0.717, 1.165) is 24.1 Å². The van der Waals surface area contributed by atoms with Crippen LogP contribution in [0.1, 0.15) is 24.0 Å². The van der Waals surface area contributed by atoms with Gasteiger partial charge in [0.1, 0.15) is 0 Å². The molecule has 0 N–H and O–H groups in total. The van der Waals surface area contributed by atoms with Crippen LogP contribution in [0.25, 0.3) is 0 Å². The van der Waals surface area contributed by atoms with Crippen LogP contribution in [0.2, 0.25) is 0 Å². The number of nitrogens with zero attached hydrogens (tertiary/aromatic N) is 4. The number of nitro benzene ring substituents is 1. The van der Waals surface area contributed by atoms with Crippen molar-refractivity contribution in [3.05, 3.63) is 39.4 Å². The molecule has 0 saturated carbocycles. The molecule has 0 radical (unpaired) electrons. The predicted molar refractivity (Wildman–Crippen MR) is 76.0 cm³/mol. The average Bonchev–Trinajstić information content (AvgIpc) is 2.50. The Morgan fingerprint density at radius 1 is 1.38 bits per heavy atom. The van der Waals surface area contributed by atoms with Crippen molar-refractivity contribution in [2.45, 2.75) is 25.8 Å². The summed E-state index contributed by atoms with van der Waals surface area (Å²) >= 11 is 0. The van der Waals surface area contributed by atoms with Gasteiger partial charge in [-0.3, -0.25) is 15.0 Å². The summed E-state index contributed by atoms with van der Waals surface area (Å²) in [6.07, 6.45) is 1.79. The molecule has 1 heterocycles. The molecule has 1 aliphatic heterocycles. The quantitative estimate of drug-likeness (QED) is 0.611. The lowest BCUT2D eigenvalue weighted by Crippen LogP contribution is -2.34. The summed E-state index contributed by atoms with van der Waals surface area (Å²) in [6.45, 7) is 2.08. The van der Waals surface area contributed by atoms with E-state index in [2.05, 4.69) is 17.0 Å². The molecule has 1 aromatic rings. The van der Waals surface area contributed by atoms with Gasteiger partial charge < -0.3 is 0 Å². The highest BCUT2D eigenvalue weighted by molar-refractivity contribution is 5.41. The maximum absolute atomic E-state index is 10.8. The minimum atomic E-state index is -0.385. The molecule has 0 spiro atoms. The van der Waals surface area contributed by atoms with E-state index in [1.807, 2.05) is 6.07 Å². The molecule has 1 aromatic carbocycles. The van der Waals surface area contributed by atoms with Crippen molar-refractivity contribution in [2.24, 2.45) is 5.92 Å². The second kappa shape index (κ2) is 6.83. The highest BCUT2D eigenvalue weighted by Crippen LogP contribution is 2.24. The fraction of sp³-hybridized carbons (Fsp3) is 0.467. The van der Waals surface area contributed by atoms with Crippen molar-refractivity contribution in [1.82, 2.24) is 4.90 Å². The van der Waals surface area contributed by atoms with Gasteiger partial charge in [-0.15, -0.1) is 0 Å². The zero-order chi connectivity index (χ0) is 15.2. The van der Waals surface area contributed by atoms with Crippen molar-refractivity contribution < 1.29 is 4.92 Å². The number of fused-ring (bicyclic) bond motifs is 1. The number of benzene rings is 1. The molecular weight excluding hydrogens is 268 g/mol. The predicted octanol–water partition coefficient (Wildman–Crippen LogP) is 2.40. The lowest BCUT2D eigenvalue weighted by Gasteiger charge is -2.29. The van der Waals surface area contributed by atoms with Crippen molar-refractivity contribution in [1.29, 1.82) is 10.5 Å². The first-order valence-corrected chi connectivity index (χ1v) is 6.89. The van der Waals surface area contributed by atoms with E-state index in [4.69, 9.17) is 10.5 Å². The Bertz CT molecular complexity index is 615. The van der Waals surface area contributed by atoms with Gasteiger partial charge >= 0.3 is 0 Å². The van der Waals surface area contributed by atoms with E-state index in [-0.39, 0.29) is 16.5 Å². The molecule has 0 fully saturated rings. The Kier molecular flexibility index (Phi) is 4.86. The van der Waals surface area contributed by atoms with Crippen LogP contribution in [-0.4, -0.2) is 22.9 Å². The van der Waals surface area contributed by atoms with Crippen LogP contribution < -0.4 is 0 Å². The molecule has 1 unspecified atom stereocenters. The Labute approximate surface area is 123 Å². The fourth-order valence-electron chi connectivity index (χ4n) is 2.62. The number of hydrogen-bond acceptors (Lipinski definition) is 5. The van der Waals surface area contributed by atoms with Crippen molar-refractivity contribution in [3.8, 4) is 12.1 Å². The lowest BCUT2D eigenvalue weighted by molar-refractivity contribution is -0.385. The summed E-state index contributed by atoms with van der Waals surface area (Å²) in [4.78, 5) is 12.6. The standard InChI is InChI=1S/C15H16N4O2/c16-6-1-2-12(9-17)10-18-7-5-13-3-4-15(19(20)21)8-14(13)11-18/h3-4,8,12H,1-2,5,7,10-11H2. The number of rotatable bonds is 5. The number of hydrogen-bond donors (Lipinski definition) is 0. The summed E-state index contributed by atoms with van der Waals surface area (Å²) in [5.74, 6) is -0.162. The molecule has 2 rings (SSSR count). The monoisotopic (exact) mass is 284 g/mol. The molecule has 0 amide bonds. The normalized spacial score (nSPS) is 15.5. The number of non-ortho nitro benzene ring substituents is 1. The van der Waals surface area contributed by atoms with Gasteiger partial charge in [0.05, 0.1) is 23.0 Å². The van der Waals surface area contributed by atoms with Crippen molar-refractivity contribution >= 4 is 5.69 Å². The lowest BCUT2D eigenvalue weighted by atomic mass is 9.97. The van der Waals surface area contributed by atoms with Crippen LogP contribution in [0.4, 0.5) is 5.69 Å². The first-order valence-electron chi connectivity index (χ1n) is 6.89. The zero-order valence-corrected chi connectivity index (χ0v) is 11.7. The van der Waals surface area contributed by atoms with Crippen LogP contribution in [0.3, 0.4) is 0 Å². The number of nitro groups is 1. The van der Waals surface area contributed by atoms with Gasteiger partial charge in [-0.2, -0.15) is 10.5 Å². The molecule has 6 heteroatoms. The molecule has 0 saturated heterocycles. The van der Waals surface area contributed by atoms with Gasteiger partial charge in [0.15, 0.2) is 0 Å². The largest absolute Gasteiger partial charge is 0.297 e. The minimum Gasteiger partial charge on any atom is -0.297 e. The fourth-order valence-corrected chi connectivity index (χ4v) is 2.62. The Morgan fingerprint density at radius 2 is 2.19 bits per heavy atom. The highest BCUT2D eigenvalue weighted by Gasteiger charge is 2.21. The van der Waals surface area contributed by atoms with E-state index in [1.165, 1.54) is 0 Å².